The SMILES string of the molecule is CCOc1ccc2[nH]c(=O)c(CN(CC3CCCO3)C(CC)c3nnnn3CCc3ccccc3)cc2c1. The Hall–Kier alpha value is -3.56. The molecule has 2 aromatic heterocycles. The van der Waals surface area contributed by atoms with Gasteiger partial charge in [0.25, 0.3) is 5.56 Å². The molecule has 0 saturated carbocycles. The van der Waals surface area contributed by atoms with Gasteiger partial charge in [0.2, 0.25) is 0 Å². The number of H-pyrrole nitrogens is 1. The lowest BCUT2D eigenvalue weighted by atomic mass is 10.1. The molecule has 2 unspecified atom stereocenters. The van der Waals surface area contributed by atoms with Crippen LogP contribution in [-0.4, -0.2) is 56.0 Å². The number of nitrogens with zero attached hydrogens (tertiary/aromatic N) is 5. The van der Waals surface area contributed by atoms with Crippen molar-refractivity contribution in [3.8, 4) is 5.75 Å². The average Bonchev–Trinajstić information content (AvgIpc) is 3.62. The van der Waals surface area contributed by atoms with Crippen molar-refractivity contribution in [3.05, 3.63) is 81.9 Å². The second-order valence-corrected chi connectivity index (χ2v) is 9.79. The monoisotopic (exact) mass is 516 g/mol. The predicted octanol–water partition coefficient (Wildman–Crippen LogP) is 4.29. The lowest BCUT2D eigenvalue weighted by Crippen LogP contribution is -2.37. The van der Waals surface area contributed by atoms with Crippen molar-refractivity contribution in [1.29, 1.82) is 0 Å². The van der Waals surface area contributed by atoms with Crippen LogP contribution in [0.4, 0.5) is 0 Å². The second-order valence-electron chi connectivity index (χ2n) is 9.79. The van der Waals surface area contributed by atoms with Crippen LogP contribution >= 0.6 is 0 Å². The number of aryl methyl sites for hydroxylation is 2. The van der Waals surface area contributed by atoms with Crippen LogP contribution in [0.15, 0.2) is 59.4 Å². The molecule has 4 aromatic rings. The maximum absolute atomic E-state index is 13.2. The smallest absolute Gasteiger partial charge is 0.252 e. The summed E-state index contributed by atoms with van der Waals surface area (Å²) in [5.41, 5.74) is 2.65. The normalized spacial score (nSPS) is 16.3. The van der Waals surface area contributed by atoms with Gasteiger partial charge in [-0.3, -0.25) is 9.69 Å². The quantitative estimate of drug-likeness (QED) is 0.300. The minimum atomic E-state index is -0.0856. The molecule has 1 aliphatic rings. The molecule has 0 radical (unpaired) electrons. The summed E-state index contributed by atoms with van der Waals surface area (Å²) in [5, 5.41) is 13.8. The van der Waals surface area contributed by atoms with Gasteiger partial charge in [-0.2, -0.15) is 0 Å². The molecule has 0 bridgehead atoms. The summed E-state index contributed by atoms with van der Waals surface area (Å²) in [6, 6.07) is 18.0. The Morgan fingerprint density at radius 2 is 2.05 bits per heavy atom. The van der Waals surface area contributed by atoms with Gasteiger partial charge in [0.15, 0.2) is 5.82 Å². The highest BCUT2D eigenvalue weighted by atomic mass is 16.5. The van der Waals surface area contributed by atoms with Crippen LogP contribution in [0.2, 0.25) is 0 Å². The number of benzene rings is 2. The third-order valence-electron chi connectivity index (χ3n) is 7.18. The van der Waals surface area contributed by atoms with Crippen LogP contribution in [0.3, 0.4) is 0 Å². The van der Waals surface area contributed by atoms with Crippen LogP contribution in [0.5, 0.6) is 5.75 Å². The number of hydrogen-bond donors (Lipinski definition) is 1. The van der Waals surface area contributed by atoms with Gasteiger partial charge in [0.1, 0.15) is 5.75 Å². The molecule has 2 aromatic carbocycles. The van der Waals surface area contributed by atoms with Gasteiger partial charge in [-0.05, 0) is 72.9 Å². The molecule has 3 heterocycles. The zero-order chi connectivity index (χ0) is 26.3. The first-order chi connectivity index (χ1) is 18.6. The first-order valence-electron chi connectivity index (χ1n) is 13.6. The Balaban J connectivity index is 1.43. The Kier molecular flexibility index (Phi) is 8.45. The lowest BCUT2D eigenvalue weighted by molar-refractivity contribution is 0.0488. The first-order valence-corrected chi connectivity index (χ1v) is 13.6. The van der Waals surface area contributed by atoms with Crippen LogP contribution in [0.1, 0.15) is 56.1 Å². The molecular weight excluding hydrogens is 480 g/mol. The molecule has 9 heteroatoms. The molecule has 1 N–H and O–H groups in total. The molecule has 0 amide bonds. The van der Waals surface area contributed by atoms with Crippen molar-refractivity contribution in [2.75, 3.05) is 19.8 Å². The van der Waals surface area contributed by atoms with Gasteiger partial charge in [-0.15, -0.1) is 5.10 Å². The minimum absolute atomic E-state index is 0.0603. The van der Waals surface area contributed by atoms with E-state index in [0.717, 1.165) is 54.8 Å². The molecule has 5 rings (SSSR count). The minimum Gasteiger partial charge on any atom is -0.494 e. The van der Waals surface area contributed by atoms with Gasteiger partial charge >= 0.3 is 0 Å². The molecule has 1 saturated heterocycles. The predicted molar refractivity (Wildman–Crippen MR) is 146 cm³/mol. The maximum Gasteiger partial charge on any atom is 0.252 e. The number of fused-ring (bicyclic) bond motifs is 1. The van der Waals surface area contributed by atoms with E-state index in [1.165, 1.54) is 5.56 Å². The van der Waals surface area contributed by atoms with E-state index in [2.05, 4.69) is 44.5 Å². The van der Waals surface area contributed by atoms with Gasteiger partial charge in [-0.25, -0.2) is 4.68 Å². The molecule has 38 heavy (non-hydrogen) atoms. The Bertz CT molecular complexity index is 1380. The van der Waals surface area contributed by atoms with E-state index in [9.17, 15) is 4.79 Å². The van der Waals surface area contributed by atoms with Crippen LogP contribution < -0.4 is 10.3 Å². The zero-order valence-corrected chi connectivity index (χ0v) is 22.2. The molecule has 9 nitrogen and oxygen atoms in total. The highest BCUT2D eigenvalue weighted by molar-refractivity contribution is 5.80. The number of aromatic nitrogens is 5. The number of pyridine rings is 1. The summed E-state index contributed by atoms with van der Waals surface area (Å²) in [6.07, 6.45) is 3.84. The van der Waals surface area contributed by atoms with Crippen molar-refractivity contribution >= 4 is 10.9 Å². The van der Waals surface area contributed by atoms with E-state index in [4.69, 9.17) is 9.47 Å². The Labute approximate surface area is 222 Å². The van der Waals surface area contributed by atoms with Crippen molar-refractivity contribution in [2.24, 2.45) is 0 Å². The van der Waals surface area contributed by atoms with Crippen molar-refractivity contribution in [2.45, 2.75) is 64.8 Å². The van der Waals surface area contributed by atoms with Gasteiger partial charge in [0.05, 0.1) is 18.8 Å². The fourth-order valence-electron chi connectivity index (χ4n) is 5.27. The largest absolute Gasteiger partial charge is 0.494 e. The van der Waals surface area contributed by atoms with Crippen LogP contribution in [-0.2, 0) is 24.2 Å². The van der Waals surface area contributed by atoms with E-state index in [-0.39, 0.29) is 17.7 Å². The van der Waals surface area contributed by atoms with E-state index in [0.29, 0.717) is 31.8 Å². The number of nitrogens with one attached hydrogen (secondary N) is 1. The standard InChI is InChI=1S/C29H36N6O3/c1-3-27(28-31-32-33-35(28)15-14-21-9-6-5-7-10-21)34(20-25-11-8-16-38-25)19-23-17-22-18-24(37-4-2)12-13-26(22)30-29(23)36/h5-7,9-10,12-13,17-18,25,27H,3-4,8,11,14-16,19-20H2,1-2H3,(H,30,36). The third-order valence-corrected chi connectivity index (χ3v) is 7.18. The molecule has 200 valence electrons. The van der Waals surface area contributed by atoms with Crippen molar-refractivity contribution in [1.82, 2.24) is 30.1 Å². The number of hydrogen-bond acceptors (Lipinski definition) is 7. The molecule has 0 spiro atoms. The molecule has 0 aliphatic carbocycles. The van der Waals surface area contributed by atoms with Crippen molar-refractivity contribution in [3.63, 3.8) is 0 Å². The van der Waals surface area contributed by atoms with Gasteiger partial charge < -0.3 is 14.5 Å². The molecule has 1 aliphatic heterocycles. The summed E-state index contributed by atoms with van der Waals surface area (Å²) in [6.45, 7) is 7.34. The number of rotatable bonds is 12. The number of ether oxygens (including phenoxy) is 2. The van der Waals surface area contributed by atoms with E-state index < -0.39 is 0 Å². The summed E-state index contributed by atoms with van der Waals surface area (Å²) < 4.78 is 13.6. The summed E-state index contributed by atoms with van der Waals surface area (Å²) >= 11 is 0. The summed E-state index contributed by atoms with van der Waals surface area (Å²) in [7, 11) is 0. The fraction of sp³-hybridized carbons (Fsp3) is 0.448. The van der Waals surface area contributed by atoms with E-state index >= 15 is 0 Å². The summed E-state index contributed by atoms with van der Waals surface area (Å²) in [5.74, 6) is 1.61. The first kappa shape index (κ1) is 26.1. The fourth-order valence-corrected chi connectivity index (χ4v) is 5.27. The van der Waals surface area contributed by atoms with E-state index in [1.54, 1.807) is 0 Å². The highest BCUT2D eigenvalue weighted by Gasteiger charge is 2.29. The van der Waals surface area contributed by atoms with Gasteiger partial charge in [0, 0.05) is 42.7 Å². The molecular formula is C29H36N6O3. The van der Waals surface area contributed by atoms with Gasteiger partial charge in [-0.1, -0.05) is 37.3 Å². The molecule has 1 fully saturated rings. The number of tetrazole rings is 1. The topological polar surface area (TPSA) is 98.2 Å². The number of aromatic amines is 1. The molecule has 2 atom stereocenters. The van der Waals surface area contributed by atoms with E-state index in [1.807, 2.05) is 54.1 Å². The maximum atomic E-state index is 13.2. The van der Waals surface area contributed by atoms with Crippen LogP contribution in [0.25, 0.3) is 10.9 Å². The Morgan fingerprint density at radius 3 is 2.82 bits per heavy atom. The summed E-state index contributed by atoms with van der Waals surface area (Å²) in [4.78, 5) is 18.5. The van der Waals surface area contributed by atoms with Crippen LogP contribution in [0, 0.1) is 0 Å². The highest BCUT2D eigenvalue weighted by Crippen LogP contribution is 2.27. The Morgan fingerprint density at radius 1 is 1.18 bits per heavy atom. The average molecular weight is 517 g/mol. The van der Waals surface area contributed by atoms with Crippen molar-refractivity contribution < 1.29 is 9.47 Å². The third kappa shape index (κ3) is 6.11. The lowest BCUT2D eigenvalue weighted by Gasteiger charge is -2.32. The second kappa shape index (κ2) is 12.3. The zero-order valence-electron chi connectivity index (χ0n) is 22.2.